The molecule has 5 aromatic rings. The van der Waals surface area contributed by atoms with Crippen LogP contribution in [0.25, 0.3) is 22.7 Å². The summed E-state index contributed by atoms with van der Waals surface area (Å²) in [6, 6.07) is 6.23. The van der Waals surface area contributed by atoms with Crippen molar-refractivity contribution in [1.29, 1.82) is 0 Å². The van der Waals surface area contributed by atoms with Crippen molar-refractivity contribution in [3.8, 4) is 29.7 Å². The fraction of sp³-hybridized carbons (Fsp3) is 0.167. The molecule has 0 saturated heterocycles. The molecular formula is C24H20ClN9O6. The van der Waals surface area contributed by atoms with Gasteiger partial charge < -0.3 is 24.6 Å². The number of pyridine rings is 1. The second-order valence-electron chi connectivity index (χ2n) is 8.12. The van der Waals surface area contributed by atoms with E-state index in [1.165, 1.54) is 49.2 Å². The van der Waals surface area contributed by atoms with E-state index in [1.807, 2.05) is 0 Å². The molecule has 40 heavy (non-hydrogen) atoms. The van der Waals surface area contributed by atoms with Crippen LogP contribution in [0.15, 0.2) is 36.7 Å². The third kappa shape index (κ3) is 4.69. The molecule has 2 N–H and O–H groups in total. The lowest BCUT2D eigenvalue weighted by Crippen LogP contribution is -2.20. The van der Waals surface area contributed by atoms with Gasteiger partial charge in [0.2, 0.25) is 5.88 Å². The van der Waals surface area contributed by atoms with E-state index < -0.39 is 11.9 Å². The van der Waals surface area contributed by atoms with Gasteiger partial charge in [-0.15, -0.1) is 10.1 Å². The number of carboxylic acids is 1. The largest absolute Gasteiger partial charge is 0.480 e. The average Bonchev–Trinajstić information content (AvgIpc) is 3.57. The lowest BCUT2D eigenvalue weighted by atomic mass is 10.0. The summed E-state index contributed by atoms with van der Waals surface area (Å²) in [4.78, 5) is 42.4. The first-order valence-electron chi connectivity index (χ1n) is 11.4. The quantitative estimate of drug-likeness (QED) is 0.281. The number of nitrogens with one attached hydrogen (secondary N) is 1. The highest BCUT2D eigenvalue weighted by molar-refractivity contribution is 6.32. The molecule has 0 saturated carbocycles. The average molecular weight is 566 g/mol. The zero-order valence-electron chi connectivity index (χ0n) is 21.4. The highest BCUT2D eigenvalue weighted by Crippen LogP contribution is 2.31. The van der Waals surface area contributed by atoms with Gasteiger partial charge in [-0.3, -0.25) is 4.79 Å². The van der Waals surface area contributed by atoms with Gasteiger partial charge in [-0.05, 0) is 30.7 Å². The molecular weight excluding hydrogens is 546 g/mol. The van der Waals surface area contributed by atoms with Crippen LogP contribution in [0.1, 0.15) is 26.4 Å². The van der Waals surface area contributed by atoms with Gasteiger partial charge in [0.25, 0.3) is 11.9 Å². The number of aromatic nitrogens is 8. The Morgan fingerprint density at radius 3 is 2.38 bits per heavy atom. The standard InChI is InChI=1S/C24H20ClN9O6/c1-11-8-12-10-33(22-28-23(39-3)30-24(29-22)40-4)32-18(12)16(21(36)37)17(11)27-20(35)14-9-15(38-2)31-34(14)19-13(25)6-5-7-26-19/h5-10H,1-4H3,(H,27,35)(H,36,37). The van der Waals surface area contributed by atoms with Crippen molar-refractivity contribution in [1.82, 2.24) is 39.5 Å². The molecule has 16 heteroatoms. The van der Waals surface area contributed by atoms with Gasteiger partial charge in [-0.25, -0.2) is 19.1 Å². The van der Waals surface area contributed by atoms with Crippen molar-refractivity contribution in [3.63, 3.8) is 0 Å². The maximum Gasteiger partial charge on any atom is 0.340 e. The van der Waals surface area contributed by atoms with Crippen LogP contribution in [0.3, 0.4) is 0 Å². The molecule has 5 rings (SSSR count). The molecule has 4 aromatic heterocycles. The number of fused-ring (bicyclic) bond motifs is 1. The highest BCUT2D eigenvalue weighted by atomic mass is 35.5. The van der Waals surface area contributed by atoms with Crippen LogP contribution in [0.4, 0.5) is 5.69 Å². The lowest BCUT2D eigenvalue weighted by molar-refractivity contribution is 0.0699. The number of methoxy groups -OCH3 is 3. The smallest absolute Gasteiger partial charge is 0.340 e. The topological polar surface area (TPSA) is 181 Å². The second-order valence-corrected chi connectivity index (χ2v) is 8.52. The Balaban J connectivity index is 1.61. The normalized spacial score (nSPS) is 10.9. The Morgan fingerprint density at radius 2 is 1.75 bits per heavy atom. The summed E-state index contributed by atoms with van der Waals surface area (Å²) in [5.41, 5.74) is 0.315. The van der Waals surface area contributed by atoms with E-state index in [9.17, 15) is 14.7 Å². The van der Waals surface area contributed by atoms with Crippen molar-refractivity contribution in [2.45, 2.75) is 6.92 Å². The first kappa shape index (κ1) is 26.3. The molecule has 0 fully saturated rings. The molecule has 1 amide bonds. The number of aryl methyl sites for hydroxylation is 1. The molecule has 0 unspecified atom stereocenters. The fourth-order valence-corrected chi connectivity index (χ4v) is 4.09. The maximum absolute atomic E-state index is 13.5. The number of anilines is 1. The molecule has 0 bridgehead atoms. The van der Waals surface area contributed by atoms with Gasteiger partial charge >= 0.3 is 18.0 Å². The van der Waals surface area contributed by atoms with Gasteiger partial charge in [0, 0.05) is 23.8 Å². The lowest BCUT2D eigenvalue weighted by Gasteiger charge is -2.13. The number of benzene rings is 1. The summed E-state index contributed by atoms with van der Waals surface area (Å²) in [6.07, 6.45) is 3.03. The first-order chi connectivity index (χ1) is 19.2. The Labute approximate surface area is 230 Å². The fourth-order valence-electron chi connectivity index (χ4n) is 3.89. The molecule has 0 spiro atoms. The molecule has 0 aliphatic heterocycles. The summed E-state index contributed by atoms with van der Waals surface area (Å²) < 4.78 is 17.8. The predicted molar refractivity (Wildman–Crippen MR) is 140 cm³/mol. The Morgan fingerprint density at radius 1 is 1.02 bits per heavy atom. The van der Waals surface area contributed by atoms with E-state index in [1.54, 1.807) is 25.1 Å². The summed E-state index contributed by atoms with van der Waals surface area (Å²) >= 11 is 6.28. The Kier molecular flexibility index (Phi) is 6.87. The summed E-state index contributed by atoms with van der Waals surface area (Å²) in [7, 11) is 4.15. The highest BCUT2D eigenvalue weighted by Gasteiger charge is 2.26. The zero-order chi connectivity index (χ0) is 28.6. The van der Waals surface area contributed by atoms with E-state index >= 15 is 0 Å². The van der Waals surface area contributed by atoms with Gasteiger partial charge in [0.15, 0.2) is 5.82 Å². The van der Waals surface area contributed by atoms with Crippen molar-refractivity contribution < 1.29 is 28.9 Å². The number of hydrogen-bond acceptors (Lipinski definition) is 11. The number of amides is 1. The predicted octanol–water partition coefficient (Wildman–Crippen LogP) is 2.73. The maximum atomic E-state index is 13.5. The second kappa shape index (κ2) is 10.5. The number of carbonyl (C=O) groups is 2. The van der Waals surface area contributed by atoms with E-state index in [-0.39, 0.29) is 57.2 Å². The molecule has 0 radical (unpaired) electrons. The summed E-state index contributed by atoms with van der Waals surface area (Å²) in [6.45, 7) is 1.65. The van der Waals surface area contributed by atoms with Crippen LogP contribution >= 0.6 is 11.6 Å². The van der Waals surface area contributed by atoms with Gasteiger partial charge in [0.1, 0.15) is 16.8 Å². The molecule has 204 valence electrons. The van der Waals surface area contributed by atoms with Crippen LogP contribution in [0, 0.1) is 6.92 Å². The van der Waals surface area contributed by atoms with E-state index in [0.717, 1.165) is 0 Å². The van der Waals surface area contributed by atoms with E-state index in [2.05, 4.69) is 35.5 Å². The van der Waals surface area contributed by atoms with Gasteiger partial charge in [0.05, 0.1) is 32.0 Å². The number of nitrogens with zero attached hydrogens (tertiary/aromatic N) is 8. The molecule has 1 aromatic carbocycles. The van der Waals surface area contributed by atoms with Crippen LogP contribution < -0.4 is 19.5 Å². The van der Waals surface area contributed by atoms with Crippen LogP contribution in [0.5, 0.6) is 17.9 Å². The number of rotatable bonds is 8. The molecule has 15 nitrogen and oxygen atoms in total. The van der Waals surface area contributed by atoms with Crippen LogP contribution in [-0.4, -0.2) is 77.8 Å². The minimum absolute atomic E-state index is 0.00295. The van der Waals surface area contributed by atoms with Gasteiger partial charge in [-0.1, -0.05) is 11.6 Å². The summed E-state index contributed by atoms with van der Waals surface area (Å²) in [5.74, 6) is -1.67. The third-order valence-corrected chi connectivity index (χ3v) is 5.96. The molecule has 0 aliphatic rings. The molecule has 0 atom stereocenters. The molecule has 0 aliphatic carbocycles. The third-order valence-electron chi connectivity index (χ3n) is 5.67. The van der Waals surface area contributed by atoms with Crippen LogP contribution in [-0.2, 0) is 0 Å². The molecule has 4 heterocycles. The number of hydrogen-bond donors (Lipinski definition) is 2. The number of ether oxygens (including phenoxy) is 3. The van der Waals surface area contributed by atoms with Gasteiger partial charge in [-0.2, -0.15) is 15.1 Å². The SMILES string of the molecule is COc1cc(C(=O)Nc2c(C)cc3cn(-c4nc(OC)nc(OC)n4)nc3c2C(=O)O)n(-c2ncccc2Cl)n1. The van der Waals surface area contributed by atoms with E-state index in [4.69, 9.17) is 25.8 Å². The number of aromatic carboxylic acids is 1. The minimum Gasteiger partial charge on any atom is -0.480 e. The monoisotopic (exact) mass is 565 g/mol. The van der Waals surface area contributed by atoms with Crippen molar-refractivity contribution in [2.24, 2.45) is 0 Å². The number of halogens is 1. The van der Waals surface area contributed by atoms with Crippen molar-refractivity contribution >= 4 is 40.1 Å². The van der Waals surface area contributed by atoms with Crippen LogP contribution in [0.2, 0.25) is 5.02 Å². The first-order valence-corrected chi connectivity index (χ1v) is 11.8. The summed E-state index contributed by atoms with van der Waals surface area (Å²) in [5, 5.41) is 22.2. The van der Waals surface area contributed by atoms with Crippen molar-refractivity contribution in [3.05, 3.63) is 58.5 Å². The number of carbonyl (C=O) groups excluding carboxylic acids is 1. The Hall–Kier alpha value is -5.31. The zero-order valence-corrected chi connectivity index (χ0v) is 22.2. The minimum atomic E-state index is -1.32. The van der Waals surface area contributed by atoms with E-state index in [0.29, 0.717) is 10.9 Å². The Bertz CT molecular complexity index is 1760. The number of carboxylic acid groups (broad SMARTS) is 1. The van der Waals surface area contributed by atoms with Crippen molar-refractivity contribution in [2.75, 3.05) is 26.6 Å².